The van der Waals surface area contributed by atoms with E-state index in [4.69, 9.17) is 14.7 Å². The summed E-state index contributed by atoms with van der Waals surface area (Å²) in [4.78, 5) is 32.1. The summed E-state index contributed by atoms with van der Waals surface area (Å²) in [6.07, 6.45) is 10.9. The molecule has 47 heavy (non-hydrogen) atoms. The molecule has 8 bridgehead atoms. The van der Waals surface area contributed by atoms with Crippen LogP contribution in [0.3, 0.4) is 0 Å². The summed E-state index contributed by atoms with van der Waals surface area (Å²) in [6, 6.07) is 2.00. The highest BCUT2D eigenvalue weighted by Gasteiger charge is 2.27. The predicted octanol–water partition coefficient (Wildman–Crippen LogP) is 10.6. The molecule has 0 fully saturated rings. The number of aromatic amines is 2. The predicted molar refractivity (Wildman–Crippen MR) is 199 cm³/mol. The third-order valence-electron chi connectivity index (χ3n) is 9.91. The molecule has 248 valence electrons. The highest BCUT2D eigenvalue weighted by atomic mass is 16.5. The van der Waals surface area contributed by atoms with Crippen molar-refractivity contribution in [3.05, 3.63) is 74.4 Å². The number of nitrogens with zero attached hydrogens (tertiary/aromatic N) is 2. The maximum Gasteiger partial charge on any atom is 0.340 e. The number of aromatic nitrogens is 4. The molecule has 0 unspecified atom stereocenters. The number of carbonyl (C=O) groups excluding carboxylic acids is 1. The van der Waals surface area contributed by atoms with E-state index in [-0.39, 0.29) is 12.6 Å². The number of hydrogen-bond donors (Lipinski definition) is 2. The lowest BCUT2D eigenvalue weighted by molar-refractivity contribution is 0.0528. The zero-order valence-electron chi connectivity index (χ0n) is 30.0. The van der Waals surface area contributed by atoms with Crippen molar-refractivity contribution in [3.8, 4) is 0 Å². The van der Waals surface area contributed by atoms with Gasteiger partial charge in [0, 0.05) is 33.3 Å². The number of fused-ring (bicyclic) bond motifs is 8. The minimum absolute atomic E-state index is 0.286. The maximum atomic E-state index is 13.6. The molecule has 2 N–H and O–H groups in total. The molecular weight excluding hydrogens is 580 g/mol. The number of esters is 1. The van der Waals surface area contributed by atoms with Gasteiger partial charge in [-0.25, -0.2) is 14.8 Å². The van der Waals surface area contributed by atoms with Gasteiger partial charge in [0.2, 0.25) is 0 Å². The van der Waals surface area contributed by atoms with Crippen LogP contribution < -0.4 is 0 Å². The lowest BCUT2D eigenvalue weighted by Crippen LogP contribution is -2.05. The molecule has 0 aliphatic carbocycles. The summed E-state index contributed by atoms with van der Waals surface area (Å²) in [5.74, 6) is -0.367. The van der Waals surface area contributed by atoms with Gasteiger partial charge in [0.15, 0.2) is 0 Å². The van der Waals surface area contributed by atoms with E-state index in [0.717, 1.165) is 90.8 Å². The Kier molecular flexibility index (Phi) is 10.4. The fraction of sp³-hybridized carbons (Fsp3) is 0.439. The summed E-state index contributed by atoms with van der Waals surface area (Å²) >= 11 is 0. The summed E-state index contributed by atoms with van der Waals surface area (Å²) in [5.41, 5.74) is 19.3. The van der Waals surface area contributed by atoms with Gasteiger partial charge in [-0.15, -0.1) is 0 Å². The molecule has 0 aromatic carbocycles. The number of rotatable bonds is 11. The second kappa shape index (κ2) is 14.3. The van der Waals surface area contributed by atoms with Crippen LogP contribution in [0.2, 0.25) is 0 Å². The van der Waals surface area contributed by atoms with E-state index in [1.807, 2.05) is 13.0 Å². The summed E-state index contributed by atoms with van der Waals surface area (Å²) in [5, 5.41) is 0. The first-order chi connectivity index (χ1) is 22.8. The number of hydrogen-bond acceptors (Lipinski definition) is 4. The van der Waals surface area contributed by atoms with Crippen LogP contribution in [0.1, 0.15) is 148 Å². The highest BCUT2D eigenvalue weighted by Crippen LogP contribution is 2.41. The minimum Gasteiger partial charge on any atom is -0.462 e. The van der Waals surface area contributed by atoms with Gasteiger partial charge in [-0.1, -0.05) is 68.0 Å². The van der Waals surface area contributed by atoms with Gasteiger partial charge in [0.1, 0.15) is 0 Å². The molecule has 2 aliphatic heterocycles. The molecule has 0 saturated carbocycles. The van der Waals surface area contributed by atoms with Crippen molar-refractivity contribution in [2.75, 3.05) is 6.61 Å². The number of carbonyl (C=O) groups is 1. The van der Waals surface area contributed by atoms with E-state index in [0.29, 0.717) is 11.1 Å². The molecule has 0 atom stereocenters. The van der Waals surface area contributed by atoms with Crippen LogP contribution in [0.25, 0.3) is 50.9 Å². The Bertz CT molecular complexity index is 1960. The van der Waals surface area contributed by atoms with E-state index in [1.54, 1.807) is 6.08 Å². The number of H-pyrrole nitrogens is 2. The van der Waals surface area contributed by atoms with Crippen LogP contribution >= 0.6 is 0 Å². The Morgan fingerprint density at radius 1 is 0.681 bits per heavy atom. The second-order valence-corrected chi connectivity index (χ2v) is 12.2. The molecule has 5 rings (SSSR count). The van der Waals surface area contributed by atoms with Crippen molar-refractivity contribution in [2.24, 2.45) is 0 Å². The zero-order valence-corrected chi connectivity index (χ0v) is 30.0. The highest BCUT2D eigenvalue weighted by molar-refractivity contribution is 6.06. The van der Waals surface area contributed by atoms with Gasteiger partial charge < -0.3 is 14.7 Å². The van der Waals surface area contributed by atoms with Gasteiger partial charge in [0.25, 0.3) is 0 Å². The Hall–Kier alpha value is -4.19. The number of aryl methyl sites for hydroxylation is 5. The molecular formula is C41H52N4O2. The standard InChI is InChI=1S/C41H52N4O2/c1-11-23-21-24-22-33-34(41(46)47-20-10)29(16-6)40(43-33)32(19-9)39-28(15-5)27(14-4)38(45-39)31(18-8)37-26(13-3)25(12-2)36(44-37)30(17-7)35(23)42-24/h16,21-22,43-44H,6,11-15,17-20H2,1-5,7-10H3. The molecule has 0 spiro atoms. The normalized spacial score (nSPS) is 12.9. The fourth-order valence-corrected chi connectivity index (χ4v) is 7.80. The van der Waals surface area contributed by atoms with Crippen molar-refractivity contribution in [3.63, 3.8) is 0 Å². The van der Waals surface area contributed by atoms with Crippen molar-refractivity contribution in [1.29, 1.82) is 0 Å². The number of nitrogens with one attached hydrogen (secondary N) is 2. The minimum atomic E-state index is -0.367. The Balaban J connectivity index is 2.18. The summed E-state index contributed by atoms with van der Waals surface area (Å²) in [6.45, 7) is 24.1. The van der Waals surface area contributed by atoms with Crippen LogP contribution in [0.4, 0.5) is 0 Å². The summed E-state index contributed by atoms with van der Waals surface area (Å²) < 4.78 is 5.62. The van der Waals surface area contributed by atoms with Crippen molar-refractivity contribution in [2.45, 2.75) is 114 Å². The first-order valence-electron chi connectivity index (χ1n) is 17.9. The zero-order chi connectivity index (χ0) is 34.0. The van der Waals surface area contributed by atoms with E-state index >= 15 is 0 Å². The molecule has 0 radical (unpaired) electrons. The molecule has 3 aromatic heterocycles. The molecule has 0 amide bonds. The Morgan fingerprint density at radius 3 is 1.68 bits per heavy atom. The molecule has 2 aliphatic rings. The van der Waals surface area contributed by atoms with Gasteiger partial charge in [-0.2, -0.15) is 0 Å². The number of ether oxygens (including phenoxy) is 1. The molecule has 5 heterocycles. The van der Waals surface area contributed by atoms with Crippen LogP contribution in [0.15, 0.2) is 12.6 Å². The number of allylic oxidation sites excluding steroid dienone is 3. The van der Waals surface area contributed by atoms with Crippen molar-refractivity contribution < 1.29 is 9.53 Å². The van der Waals surface area contributed by atoms with Crippen LogP contribution in [0, 0.1) is 0 Å². The van der Waals surface area contributed by atoms with E-state index in [2.05, 4.69) is 78.0 Å². The molecule has 3 aromatic rings. The first-order valence-corrected chi connectivity index (χ1v) is 17.9. The Labute approximate surface area is 280 Å². The smallest absolute Gasteiger partial charge is 0.340 e. The average molecular weight is 633 g/mol. The van der Waals surface area contributed by atoms with Crippen LogP contribution in [0.5, 0.6) is 0 Å². The first kappa shape index (κ1) is 34.2. The van der Waals surface area contributed by atoms with E-state index in [9.17, 15) is 4.79 Å². The Morgan fingerprint density at radius 2 is 1.21 bits per heavy atom. The van der Waals surface area contributed by atoms with Gasteiger partial charge >= 0.3 is 5.97 Å². The molecule has 6 heteroatoms. The van der Waals surface area contributed by atoms with Gasteiger partial charge in [-0.05, 0) is 98.3 Å². The second-order valence-electron chi connectivity index (χ2n) is 12.2. The monoisotopic (exact) mass is 632 g/mol. The molecule has 0 saturated heterocycles. The van der Waals surface area contributed by atoms with Gasteiger partial charge in [-0.3, -0.25) is 0 Å². The topological polar surface area (TPSA) is 83.7 Å². The van der Waals surface area contributed by atoms with Crippen LogP contribution in [-0.2, 0) is 36.8 Å². The average Bonchev–Trinajstić information content (AvgIpc) is 3.84. The third-order valence-corrected chi connectivity index (χ3v) is 9.91. The SMILES string of the molecule is C=Cc1c(C(=O)OCC)c2cc3nc(c(CC)c4[nH]c(c(CC)c5nc(c(CC)c1[nH]2)C(CC)=C5CC)c(CC)c4CC)C(CC)=C3. The maximum absolute atomic E-state index is 13.6. The van der Waals surface area contributed by atoms with Crippen molar-refractivity contribution in [1.82, 2.24) is 19.9 Å². The lowest BCUT2D eigenvalue weighted by Gasteiger charge is -2.09. The van der Waals surface area contributed by atoms with E-state index in [1.165, 1.54) is 50.0 Å². The lowest BCUT2D eigenvalue weighted by atomic mass is 9.93. The van der Waals surface area contributed by atoms with Crippen molar-refractivity contribution >= 4 is 56.9 Å². The van der Waals surface area contributed by atoms with Crippen LogP contribution in [-0.4, -0.2) is 32.5 Å². The van der Waals surface area contributed by atoms with Gasteiger partial charge in [0.05, 0.1) is 46.0 Å². The van der Waals surface area contributed by atoms with E-state index < -0.39 is 0 Å². The fourth-order valence-electron chi connectivity index (χ4n) is 7.80. The molecule has 6 nitrogen and oxygen atoms in total. The third kappa shape index (κ3) is 5.60. The largest absolute Gasteiger partial charge is 0.462 e. The summed E-state index contributed by atoms with van der Waals surface area (Å²) in [7, 11) is 0. The quantitative estimate of drug-likeness (QED) is 0.206.